The fourth-order valence-electron chi connectivity index (χ4n) is 3.29. The Bertz CT molecular complexity index is 1410. The highest BCUT2D eigenvalue weighted by molar-refractivity contribution is 7.18. The lowest BCUT2D eigenvalue weighted by atomic mass is 10.1. The van der Waals surface area contributed by atoms with Crippen LogP contribution in [0.25, 0.3) is 10.2 Å². The summed E-state index contributed by atoms with van der Waals surface area (Å²) in [6.07, 6.45) is 1.73. The molecule has 174 valence electrons. The van der Waals surface area contributed by atoms with Gasteiger partial charge in [-0.15, -0.1) is 11.3 Å². The summed E-state index contributed by atoms with van der Waals surface area (Å²) < 4.78 is 13.2. The fraction of sp³-hybridized carbons (Fsp3) is 0.174. The Balaban J connectivity index is 1.58. The van der Waals surface area contributed by atoms with E-state index in [-0.39, 0.29) is 23.8 Å². The molecule has 0 bridgehead atoms. The Hall–Kier alpha value is -4.25. The van der Waals surface area contributed by atoms with E-state index in [1.165, 1.54) is 28.3 Å². The molecule has 34 heavy (non-hydrogen) atoms. The Morgan fingerprint density at radius 1 is 1.09 bits per heavy atom. The molecule has 2 aromatic heterocycles. The Kier molecular flexibility index (Phi) is 6.83. The largest absolute Gasteiger partial charge is 0.493 e. The standard InChI is InChI=1S/C23H23N7O3S/c1-32-16-8-7-14(9-17(16)33-2)10-20(29-23(24)25)28-19-11-22(31)30(13-26-19)12-21-27-15-5-3-4-6-18(15)34-21/h3-9,11,13H,10,12H2,1-2H3,(H4,24,25,28,29). The third kappa shape index (κ3) is 5.38. The predicted molar refractivity (Wildman–Crippen MR) is 133 cm³/mol. The van der Waals surface area contributed by atoms with Gasteiger partial charge in [-0.3, -0.25) is 9.36 Å². The van der Waals surface area contributed by atoms with Crippen LogP contribution in [0.15, 0.2) is 69.6 Å². The number of guanidine groups is 1. The first-order valence-corrected chi connectivity index (χ1v) is 11.1. The molecule has 0 saturated carbocycles. The topological polar surface area (TPSA) is 143 Å². The number of nitrogens with zero attached hydrogens (tertiary/aromatic N) is 5. The first-order chi connectivity index (χ1) is 16.4. The zero-order valence-corrected chi connectivity index (χ0v) is 19.5. The molecular weight excluding hydrogens is 454 g/mol. The van der Waals surface area contributed by atoms with Crippen LogP contribution in [-0.4, -0.2) is 40.5 Å². The number of aliphatic imine (C=N–C) groups is 2. The van der Waals surface area contributed by atoms with Gasteiger partial charge in [0.1, 0.15) is 17.2 Å². The molecule has 0 radical (unpaired) electrons. The number of aromatic nitrogens is 3. The van der Waals surface area contributed by atoms with Crippen LogP contribution < -0.4 is 26.5 Å². The lowest BCUT2D eigenvalue weighted by Gasteiger charge is -2.09. The molecule has 11 heteroatoms. The summed E-state index contributed by atoms with van der Waals surface area (Å²) in [7, 11) is 3.12. The van der Waals surface area contributed by atoms with Gasteiger partial charge >= 0.3 is 0 Å². The summed E-state index contributed by atoms with van der Waals surface area (Å²) in [4.78, 5) is 30.0. The molecule has 2 heterocycles. The third-order valence-corrected chi connectivity index (χ3v) is 5.84. The maximum atomic E-state index is 12.7. The van der Waals surface area contributed by atoms with Crippen molar-refractivity contribution in [3.05, 3.63) is 75.8 Å². The molecule has 2 aromatic carbocycles. The summed E-state index contributed by atoms with van der Waals surface area (Å²) in [5.74, 6) is 1.52. The average molecular weight is 478 g/mol. The summed E-state index contributed by atoms with van der Waals surface area (Å²) in [5.41, 5.74) is 12.7. The van der Waals surface area contributed by atoms with Gasteiger partial charge in [-0.1, -0.05) is 18.2 Å². The quantitative estimate of drug-likeness (QED) is 0.307. The lowest BCUT2D eigenvalue weighted by molar-refractivity contribution is 0.354. The fourth-order valence-corrected chi connectivity index (χ4v) is 4.25. The SMILES string of the molecule is COc1ccc(CC(N=C(N)N)=Nc2cc(=O)n(Cc3nc4ccccc4s3)cn2)cc1OC. The minimum Gasteiger partial charge on any atom is -0.493 e. The molecule has 0 unspecified atom stereocenters. The summed E-state index contributed by atoms with van der Waals surface area (Å²) in [6, 6.07) is 14.6. The van der Waals surface area contributed by atoms with E-state index in [0.717, 1.165) is 20.8 Å². The van der Waals surface area contributed by atoms with E-state index >= 15 is 0 Å². The normalized spacial score (nSPS) is 11.4. The highest BCUT2D eigenvalue weighted by Crippen LogP contribution is 2.28. The number of ether oxygens (including phenoxy) is 2. The summed E-state index contributed by atoms with van der Waals surface area (Å²) >= 11 is 1.54. The van der Waals surface area contributed by atoms with E-state index in [1.54, 1.807) is 26.4 Å². The van der Waals surface area contributed by atoms with Crippen LogP contribution in [0.3, 0.4) is 0 Å². The van der Waals surface area contributed by atoms with Gasteiger partial charge in [0.25, 0.3) is 5.56 Å². The van der Waals surface area contributed by atoms with Crippen molar-refractivity contribution in [1.82, 2.24) is 14.5 Å². The number of thiazole rings is 1. The molecule has 0 spiro atoms. The number of amidine groups is 1. The highest BCUT2D eigenvalue weighted by Gasteiger charge is 2.10. The monoisotopic (exact) mass is 477 g/mol. The predicted octanol–water partition coefficient (Wildman–Crippen LogP) is 2.46. The van der Waals surface area contributed by atoms with Gasteiger partial charge in [-0.2, -0.15) is 4.99 Å². The van der Waals surface area contributed by atoms with Crippen LogP contribution in [0, 0.1) is 0 Å². The second-order valence-electron chi connectivity index (χ2n) is 7.22. The molecular formula is C23H23N7O3S. The van der Waals surface area contributed by atoms with Crippen LogP contribution in [0.4, 0.5) is 5.82 Å². The van der Waals surface area contributed by atoms with E-state index < -0.39 is 0 Å². The van der Waals surface area contributed by atoms with E-state index in [4.69, 9.17) is 20.9 Å². The van der Waals surface area contributed by atoms with Crippen LogP contribution >= 0.6 is 11.3 Å². The van der Waals surface area contributed by atoms with Crippen molar-refractivity contribution in [3.63, 3.8) is 0 Å². The van der Waals surface area contributed by atoms with Gasteiger partial charge < -0.3 is 20.9 Å². The van der Waals surface area contributed by atoms with E-state index in [1.807, 2.05) is 30.3 Å². The number of benzene rings is 2. The second-order valence-corrected chi connectivity index (χ2v) is 8.33. The lowest BCUT2D eigenvalue weighted by Crippen LogP contribution is -2.24. The van der Waals surface area contributed by atoms with Gasteiger partial charge in [0.15, 0.2) is 23.3 Å². The summed E-state index contributed by atoms with van der Waals surface area (Å²) in [6.45, 7) is 0.321. The maximum absolute atomic E-state index is 12.7. The van der Waals surface area contributed by atoms with Crippen LogP contribution in [0.2, 0.25) is 0 Å². The number of hydrogen-bond acceptors (Lipinski definition) is 7. The zero-order valence-electron chi connectivity index (χ0n) is 18.6. The van der Waals surface area contributed by atoms with Crippen LogP contribution in [0.1, 0.15) is 10.6 Å². The Morgan fingerprint density at radius 3 is 2.59 bits per heavy atom. The van der Waals surface area contributed by atoms with Gasteiger partial charge in [0.05, 0.1) is 31.0 Å². The summed E-state index contributed by atoms with van der Waals surface area (Å²) in [5, 5.41) is 0.816. The molecule has 0 amide bonds. The van der Waals surface area contributed by atoms with Gasteiger partial charge in [-0.05, 0) is 29.8 Å². The minimum atomic E-state index is -0.261. The molecule has 10 nitrogen and oxygen atoms in total. The number of rotatable bonds is 7. The van der Waals surface area contributed by atoms with Crippen molar-refractivity contribution in [3.8, 4) is 11.5 Å². The van der Waals surface area contributed by atoms with Crippen LogP contribution in [0.5, 0.6) is 11.5 Å². The number of fused-ring (bicyclic) bond motifs is 1. The van der Waals surface area contributed by atoms with Crippen LogP contribution in [-0.2, 0) is 13.0 Å². The second kappa shape index (κ2) is 10.1. The molecule has 0 aliphatic heterocycles. The molecule has 0 aliphatic rings. The van der Waals surface area contributed by atoms with Gasteiger partial charge in [0, 0.05) is 12.5 Å². The van der Waals surface area contributed by atoms with Gasteiger partial charge in [0.2, 0.25) is 0 Å². The van der Waals surface area contributed by atoms with Crippen molar-refractivity contribution in [2.75, 3.05) is 14.2 Å². The van der Waals surface area contributed by atoms with E-state index in [9.17, 15) is 4.79 Å². The van der Waals surface area contributed by atoms with Crippen molar-refractivity contribution in [2.45, 2.75) is 13.0 Å². The average Bonchev–Trinajstić information content (AvgIpc) is 3.23. The molecule has 0 saturated heterocycles. The van der Waals surface area contributed by atoms with E-state index in [2.05, 4.69) is 20.0 Å². The number of hydrogen-bond donors (Lipinski definition) is 2. The van der Waals surface area contributed by atoms with Crippen molar-refractivity contribution >= 4 is 39.2 Å². The molecule has 0 atom stereocenters. The molecule has 0 aliphatic carbocycles. The number of para-hydroxylation sites is 1. The molecule has 0 fully saturated rings. The zero-order chi connectivity index (χ0) is 24.1. The smallest absolute Gasteiger partial charge is 0.255 e. The number of methoxy groups -OCH3 is 2. The Labute approximate surface area is 199 Å². The van der Waals surface area contributed by atoms with Crippen molar-refractivity contribution < 1.29 is 9.47 Å². The number of nitrogens with two attached hydrogens (primary N) is 2. The maximum Gasteiger partial charge on any atom is 0.255 e. The molecule has 4 aromatic rings. The minimum absolute atomic E-state index is 0.150. The van der Waals surface area contributed by atoms with Gasteiger partial charge in [-0.25, -0.2) is 15.0 Å². The first kappa shape index (κ1) is 22.9. The molecule has 4 N–H and O–H groups in total. The third-order valence-electron chi connectivity index (χ3n) is 4.82. The Morgan fingerprint density at radius 2 is 1.88 bits per heavy atom. The molecule has 4 rings (SSSR count). The van der Waals surface area contributed by atoms with Crippen molar-refractivity contribution in [2.24, 2.45) is 21.5 Å². The van der Waals surface area contributed by atoms with E-state index in [0.29, 0.717) is 23.9 Å². The highest BCUT2D eigenvalue weighted by atomic mass is 32.1. The van der Waals surface area contributed by atoms with Crippen molar-refractivity contribution in [1.29, 1.82) is 0 Å². The first-order valence-electron chi connectivity index (χ1n) is 10.2.